The maximum absolute atomic E-state index is 11.4. The number of rotatable bonds is 8. The molecule has 0 aliphatic carbocycles. The standard InChI is InChI=1S/C14H23N5O2/c1-4-18(7-8-19-6-5-15-14(19)20)10-12-16-13(21-17-12)9-11(2)3/h5-6,11H,4,7-10H2,1-3H3,(H,15,20). The van der Waals surface area contributed by atoms with Crippen molar-refractivity contribution in [1.82, 2.24) is 24.6 Å². The summed E-state index contributed by atoms with van der Waals surface area (Å²) in [4.78, 5) is 20.7. The van der Waals surface area contributed by atoms with E-state index in [-0.39, 0.29) is 5.69 Å². The summed E-state index contributed by atoms with van der Waals surface area (Å²) in [6.07, 6.45) is 4.21. The Kier molecular flexibility index (Phi) is 5.32. The molecule has 0 atom stereocenters. The molecule has 21 heavy (non-hydrogen) atoms. The quantitative estimate of drug-likeness (QED) is 0.793. The van der Waals surface area contributed by atoms with Gasteiger partial charge in [-0.1, -0.05) is 25.9 Å². The van der Waals surface area contributed by atoms with Gasteiger partial charge in [0, 0.05) is 31.9 Å². The van der Waals surface area contributed by atoms with Crippen molar-refractivity contribution < 1.29 is 4.52 Å². The Balaban J connectivity index is 1.88. The molecule has 0 amide bonds. The third-order valence-electron chi connectivity index (χ3n) is 3.28. The fourth-order valence-corrected chi connectivity index (χ4v) is 2.11. The molecule has 2 heterocycles. The van der Waals surface area contributed by atoms with Gasteiger partial charge in [-0.15, -0.1) is 0 Å². The normalized spacial score (nSPS) is 11.7. The van der Waals surface area contributed by atoms with E-state index in [9.17, 15) is 4.79 Å². The van der Waals surface area contributed by atoms with E-state index in [1.165, 1.54) is 0 Å². The van der Waals surface area contributed by atoms with Crippen LogP contribution in [0.3, 0.4) is 0 Å². The number of aromatic nitrogens is 4. The molecular formula is C14H23N5O2. The molecule has 0 saturated heterocycles. The van der Waals surface area contributed by atoms with Crippen LogP contribution in [0, 0.1) is 5.92 Å². The summed E-state index contributed by atoms with van der Waals surface area (Å²) in [7, 11) is 0. The van der Waals surface area contributed by atoms with Crippen LogP contribution in [-0.4, -0.2) is 37.7 Å². The number of hydrogen-bond acceptors (Lipinski definition) is 5. The highest BCUT2D eigenvalue weighted by atomic mass is 16.5. The molecule has 0 bridgehead atoms. The van der Waals surface area contributed by atoms with Crippen molar-refractivity contribution in [2.45, 2.75) is 40.3 Å². The molecule has 2 rings (SSSR count). The monoisotopic (exact) mass is 293 g/mol. The van der Waals surface area contributed by atoms with Crippen LogP contribution in [0.5, 0.6) is 0 Å². The number of aromatic amines is 1. The highest BCUT2D eigenvalue weighted by Gasteiger charge is 2.12. The molecular weight excluding hydrogens is 270 g/mol. The van der Waals surface area contributed by atoms with Gasteiger partial charge in [0.1, 0.15) is 0 Å². The second kappa shape index (κ2) is 7.21. The molecule has 0 radical (unpaired) electrons. The largest absolute Gasteiger partial charge is 0.339 e. The fraction of sp³-hybridized carbons (Fsp3) is 0.643. The van der Waals surface area contributed by atoms with Gasteiger partial charge in [0.15, 0.2) is 5.82 Å². The molecule has 2 aromatic rings. The molecule has 0 spiro atoms. The Morgan fingerprint density at radius 1 is 1.48 bits per heavy atom. The Hall–Kier alpha value is -1.89. The van der Waals surface area contributed by atoms with Crippen molar-refractivity contribution in [3.8, 4) is 0 Å². The third-order valence-corrected chi connectivity index (χ3v) is 3.28. The summed E-state index contributed by atoms with van der Waals surface area (Å²) in [6.45, 7) is 9.24. The molecule has 0 saturated carbocycles. The van der Waals surface area contributed by atoms with E-state index in [1.54, 1.807) is 17.0 Å². The van der Waals surface area contributed by atoms with E-state index in [0.717, 1.165) is 19.5 Å². The Morgan fingerprint density at radius 2 is 2.29 bits per heavy atom. The zero-order valence-electron chi connectivity index (χ0n) is 12.9. The van der Waals surface area contributed by atoms with Gasteiger partial charge in [-0.2, -0.15) is 4.98 Å². The summed E-state index contributed by atoms with van der Waals surface area (Å²) >= 11 is 0. The summed E-state index contributed by atoms with van der Waals surface area (Å²) in [6, 6.07) is 0. The van der Waals surface area contributed by atoms with Crippen LogP contribution >= 0.6 is 0 Å². The molecule has 0 aliphatic heterocycles. The number of H-pyrrole nitrogens is 1. The van der Waals surface area contributed by atoms with Crippen LogP contribution < -0.4 is 5.69 Å². The maximum Gasteiger partial charge on any atom is 0.325 e. The van der Waals surface area contributed by atoms with E-state index in [0.29, 0.717) is 30.7 Å². The lowest BCUT2D eigenvalue weighted by atomic mass is 10.1. The van der Waals surface area contributed by atoms with Crippen LogP contribution in [0.4, 0.5) is 0 Å². The van der Waals surface area contributed by atoms with Gasteiger partial charge >= 0.3 is 5.69 Å². The average Bonchev–Trinajstić information content (AvgIpc) is 3.03. The molecule has 0 aromatic carbocycles. The molecule has 0 aliphatic rings. The zero-order chi connectivity index (χ0) is 15.2. The summed E-state index contributed by atoms with van der Waals surface area (Å²) in [5.74, 6) is 1.90. The maximum atomic E-state index is 11.4. The van der Waals surface area contributed by atoms with Crippen molar-refractivity contribution in [3.63, 3.8) is 0 Å². The second-order valence-corrected chi connectivity index (χ2v) is 5.53. The number of imidazole rings is 1. The molecule has 7 nitrogen and oxygen atoms in total. The van der Waals surface area contributed by atoms with Gasteiger partial charge in [-0.05, 0) is 12.5 Å². The Labute approximate surface area is 124 Å². The Bertz CT molecular complexity index is 598. The lowest BCUT2D eigenvalue weighted by molar-refractivity contribution is 0.255. The van der Waals surface area contributed by atoms with E-state index in [4.69, 9.17) is 4.52 Å². The van der Waals surface area contributed by atoms with Crippen molar-refractivity contribution >= 4 is 0 Å². The molecule has 0 unspecified atom stereocenters. The highest BCUT2D eigenvalue weighted by molar-refractivity contribution is 4.87. The van der Waals surface area contributed by atoms with E-state index < -0.39 is 0 Å². The minimum atomic E-state index is -0.0789. The van der Waals surface area contributed by atoms with Crippen molar-refractivity contribution in [1.29, 1.82) is 0 Å². The van der Waals surface area contributed by atoms with Crippen LogP contribution in [0.25, 0.3) is 0 Å². The van der Waals surface area contributed by atoms with E-state index >= 15 is 0 Å². The predicted molar refractivity (Wildman–Crippen MR) is 78.8 cm³/mol. The summed E-state index contributed by atoms with van der Waals surface area (Å²) in [5, 5.41) is 4.02. The lowest BCUT2D eigenvalue weighted by Crippen LogP contribution is -2.30. The van der Waals surface area contributed by atoms with Crippen molar-refractivity contribution in [3.05, 3.63) is 34.6 Å². The predicted octanol–water partition coefficient (Wildman–Crippen LogP) is 1.28. The van der Waals surface area contributed by atoms with Crippen molar-refractivity contribution in [2.24, 2.45) is 5.92 Å². The van der Waals surface area contributed by atoms with E-state index in [2.05, 4.69) is 40.8 Å². The first-order valence-electron chi connectivity index (χ1n) is 7.36. The number of likely N-dealkylation sites (N-methyl/N-ethyl adjacent to an activating group) is 1. The summed E-state index contributed by atoms with van der Waals surface area (Å²) in [5.41, 5.74) is -0.0789. The van der Waals surface area contributed by atoms with Crippen LogP contribution in [-0.2, 0) is 19.5 Å². The van der Waals surface area contributed by atoms with Crippen LogP contribution in [0.15, 0.2) is 21.7 Å². The topological polar surface area (TPSA) is 80.0 Å². The van der Waals surface area contributed by atoms with Gasteiger partial charge in [0.05, 0.1) is 6.54 Å². The average molecular weight is 293 g/mol. The number of nitrogens with one attached hydrogen (secondary N) is 1. The Morgan fingerprint density at radius 3 is 2.90 bits per heavy atom. The second-order valence-electron chi connectivity index (χ2n) is 5.53. The third kappa shape index (κ3) is 4.56. The highest BCUT2D eigenvalue weighted by Crippen LogP contribution is 2.07. The van der Waals surface area contributed by atoms with Crippen LogP contribution in [0.2, 0.25) is 0 Å². The molecule has 116 valence electrons. The molecule has 7 heteroatoms. The molecule has 1 N–H and O–H groups in total. The number of nitrogens with zero attached hydrogens (tertiary/aromatic N) is 4. The summed E-state index contributed by atoms with van der Waals surface area (Å²) < 4.78 is 6.90. The first kappa shape index (κ1) is 15.5. The minimum absolute atomic E-state index is 0.0789. The molecule has 0 fully saturated rings. The van der Waals surface area contributed by atoms with Gasteiger partial charge in [-0.3, -0.25) is 9.47 Å². The number of hydrogen-bond donors (Lipinski definition) is 1. The smallest absolute Gasteiger partial charge is 0.325 e. The SMILES string of the molecule is CCN(CCn1cc[nH]c1=O)Cc1noc(CC(C)C)n1. The molecule has 2 aromatic heterocycles. The van der Waals surface area contributed by atoms with Gasteiger partial charge in [0.2, 0.25) is 5.89 Å². The van der Waals surface area contributed by atoms with Gasteiger partial charge in [0.25, 0.3) is 0 Å². The first-order chi connectivity index (χ1) is 10.1. The lowest BCUT2D eigenvalue weighted by Gasteiger charge is -2.18. The van der Waals surface area contributed by atoms with Crippen molar-refractivity contribution in [2.75, 3.05) is 13.1 Å². The fourth-order valence-electron chi connectivity index (χ4n) is 2.11. The minimum Gasteiger partial charge on any atom is -0.339 e. The van der Waals surface area contributed by atoms with E-state index in [1.807, 2.05) is 0 Å². The zero-order valence-corrected chi connectivity index (χ0v) is 12.9. The van der Waals surface area contributed by atoms with Crippen LogP contribution in [0.1, 0.15) is 32.5 Å². The van der Waals surface area contributed by atoms with Gasteiger partial charge < -0.3 is 9.51 Å². The van der Waals surface area contributed by atoms with Gasteiger partial charge in [-0.25, -0.2) is 4.79 Å². The first-order valence-corrected chi connectivity index (χ1v) is 7.36.